The highest BCUT2D eigenvalue weighted by atomic mass is 32.2. The van der Waals surface area contributed by atoms with Gasteiger partial charge in [0.1, 0.15) is 0 Å². The summed E-state index contributed by atoms with van der Waals surface area (Å²) in [4.78, 5) is 28.8. The number of thioether (sulfide) groups is 1. The number of benzene rings is 1. The molecule has 0 unspecified atom stereocenters. The average Bonchev–Trinajstić information content (AvgIpc) is 3.04. The molecule has 0 saturated carbocycles. The molecule has 1 aromatic heterocycles. The van der Waals surface area contributed by atoms with Crippen molar-refractivity contribution in [2.24, 2.45) is 5.73 Å². The molecule has 0 aliphatic carbocycles. The number of carbonyl (C=O) groups excluding carboxylic acids is 1. The lowest BCUT2D eigenvalue weighted by molar-refractivity contribution is -0.117. The first-order valence-corrected chi connectivity index (χ1v) is 8.51. The Balaban J connectivity index is 2.06. The van der Waals surface area contributed by atoms with E-state index < -0.39 is 11.2 Å². The summed E-state index contributed by atoms with van der Waals surface area (Å²) in [5.41, 5.74) is 5.87. The van der Waals surface area contributed by atoms with Crippen LogP contribution in [0.4, 0.5) is 0 Å². The number of nitrogens with zero attached hydrogens (tertiary/aromatic N) is 2. The molecule has 2 heterocycles. The first kappa shape index (κ1) is 16.0. The van der Waals surface area contributed by atoms with Gasteiger partial charge in [-0.1, -0.05) is 23.9 Å². The minimum Gasteiger partial charge on any atom is -0.376 e. The van der Waals surface area contributed by atoms with E-state index in [1.165, 1.54) is 11.8 Å². The number of hydrogen-bond donors (Lipinski definition) is 1. The number of nitrogens with two attached hydrogens (primary N) is 1. The number of amides is 1. The molecule has 0 bridgehead atoms. The Morgan fingerprint density at radius 1 is 1.52 bits per heavy atom. The molecule has 1 saturated heterocycles. The summed E-state index contributed by atoms with van der Waals surface area (Å²) in [5, 5.41) is 0.621. The van der Waals surface area contributed by atoms with Crippen LogP contribution in [0, 0.1) is 0 Å². The molecule has 0 radical (unpaired) electrons. The highest BCUT2D eigenvalue weighted by Crippen LogP contribution is 2.24. The Labute approximate surface area is 138 Å². The lowest BCUT2D eigenvalue weighted by atomic mass is 10.2. The molecular weight excluding hydrogens is 314 g/mol. The van der Waals surface area contributed by atoms with Crippen LogP contribution in [0.5, 0.6) is 0 Å². The third-order valence-electron chi connectivity index (χ3n) is 3.92. The van der Waals surface area contributed by atoms with Gasteiger partial charge in [0, 0.05) is 6.61 Å². The number of aromatic nitrogens is 2. The summed E-state index contributed by atoms with van der Waals surface area (Å²) in [6.07, 6.45) is 1.94. The second-order valence-corrected chi connectivity index (χ2v) is 6.93. The van der Waals surface area contributed by atoms with Gasteiger partial charge in [0.25, 0.3) is 5.56 Å². The normalized spacial score (nSPS) is 19.1. The summed E-state index contributed by atoms with van der Waals surface area (Å²) in [7, 11) is 0. The number of para-hydroxylation sites is 1. The second-order valence-electron chi connectivity index (χ2n) is 5.62. The quantitative estimate of drug-likeness (QED) is 0.662. The van der Waals surface area contributed by atoms with Gasteiger partial charge in [0.15, 0.2) is 5.16 Å². The van der Waals surface area contributed by atoms with Crippen molar-refractivity contribution in [3.8, 4) is 0 Å². The number of rotatable bonds is 5. The van der Waals surface area contributed by atoms with E-state index in [9.17, 15) is 9.59 Å². The van der Waals surface area contributed by atoms with Gasteiger partial charge in [0.2, 0.25) is 5.91 Å². The van der Waals surface area contributed by atoms with Crippen LogP contribution in [0.2, 0.25) is 0 Å². The van der Waals surface area contributed by atoms with Crippen molar-refractivity contribution < 1.29 is 9.53 Å². The minimum atomic E-state index is -0.459. The van der Waals surface area contributed by atoms with Crippen LogP contribution in [-0.4, -0.2) is 33.4 Å². The molecule has 1 aromatic carbocycles. The average molecular weight is 333 g/mol. The molecule has 23 heavy (non-hydrogen) atoms. The van der Waals surface area contributed by atoms with E-state index in [1.54, 1.807) is 23.6 Å². The monoisotopic (exact) mass is 333 g/mol. The maximum Gasteiger partial charge on any atom is 0.262 e. The first-order chi connectivity index (χ1) is 11.1. The highest BCUT2D eigenvalue weighted by molar-refractivity contribution is 8.00. The largest absolute Gasteiger partial charge is 0.376 e. The zero-order valence-corrected chi connectivity index (χ0v) is 13.7. The number of ether oxygens (including phenoxy) is 1. The Morgan fingerprint density at radius 2 is 2.30 bits per heavy atom. The van der Waals surface area contributed by atoms with Gasteiger partial charge in [-0.2, -0.15) is 0 Å². The number of primary amides is 1. The van der Waals surface area contributed by atoms with Crippen molar-refractivity contribution in [1.82, 2.24) is 9.55 Å². The van der Waals surface area contributed by atoms with Crippen molar-refractivity contribution in [1.29, 1.82) is 0 Å². The minimum absolute atomic E-state index is 0.0129. The number of hydrogen-bond acceptors (Lipinski definition) is 5. The fourth-order valence-electron chi connectivity index (χ4n) is 2.61. The highest BCUT2D eigenvalue weighted by Gasteiger charge is 2.22. The van der Waals surface area contributed by atoms with Gasteiger partial charge < -0.3 is 10.5 Å². The van der Waals surface area contributed by atoms with Crippen LogP contribution < -0.4 is 11.3 Å². The maximum atomic E-state index is 12.8. The van der Waals surface area contributed by atoms with E-state index in [0.29, 0.717) is 22.6 Å². The van der Waals surface area contributed by atoms with E-state index in [1.807, 2.05) is 12.1 Å². The molecule has 6 nitrogen and oxygen atoms in total. The SMILES string of the molecule is C[C@@H](Sc1nc2ccccc2c(=O)n1C[C@H]1CCCO1)C(N)=O. The molecule has 122 valence electrons. The van der Waals surface area contributed by atoms with Gasteiger partial charge in [-0.3, -0.25) is 14.2 Å². The van der Waals surface area contributed by atoms with E-state index >= 15 is 0 Å². The van der Waals surface area contributed by atoms with E-state index in [0.717, 1.165) is 19.4 Å². The van der Waals surface area contributed by atoms with Gasteiger partial charge in [-0.25, -0.2) is 4.98 Å². The molecule has 0 spiro atoms. The predicted octanol–water partition coefficient (Wildman–Crippen LogP) is 1.54. The second kappa shape index (κ2) is 6.72. The van der Waals surface area contributed by atoms with Gasteiger partial charge >= 0.3 is 0 Å². The lowest BCUT2D eigenvalue weighted by Gasteiger charge is -2.17. The molecule has 1 aliphatic rings. The summed E-state index contributed by atoms with van der Waals surface area (Å²) < 4.78 is 7.26. The number of fused-ring (bicyclic) bond motifs is 1. The summed E-state index contributed by atoms with van der Waals surface area (Å²) in [6.45, 7) is 2.88. The fourth-order valence-corrected chi connectivity index (χ4v) is 3.47. The fraction of sp³-hybridized carbons (Fsp3) is 0.438. The van der Waals surface area contributed by atoms with E-state index in [2.05, 4.69) is 4.98 Å². The molecule has 1 aliphatic heterocycles. The van der Waals surface area contributed by atoms with Crippen molar-refractivity contribution in [3.05, 3.63) is 34.6 Å². The van der Waals surface area contributed by atoms with Crippen molar-refractivity contribution in [2.75, 3.05) is 6.61 Å². The van der Waals surface area contributed by atoms with Crippen LogP contribution >= 0.6 is 11.8 Å². The molecule has 2 N–H and O–H groups in total. The molecule has 3 rings (SSSR count). The Kier molecular flexibility index (Phi) is 4.68. The van der Waals surface area contributed by atoms with Crippen molar-refractivity contribution in [2.45, 2.75) is 42.8 Å². The van der Waals surface area contributed by atoms with Gasteiger partial charge in [0.05, 0.1) is 28.8 Å². The summed E-state index contributed by atoms with van der Waals surface area (Å²) in [5.74, 6) is -0.430. The first-order valence-electron chi connectivity index (χ1n) is 7.63. The third kappa shape index (κ3) is 3.40. The summed E-state index contributed by atoms with van der Waals surface area (Å²) in [6, 6.07) is 7.22. The Hall–Kier alpha value is -1.86. The maximum absolute atomic E-state index is 12.8. The van der Waals surface area contributed by atoms with Crippen LogP contribution in [0.3, 0.4) is 0 Å². The zero-order valence-electron chi connectivity index (χ0n) is 12.9. The topological polar surface area (TPSA) is 87.2 Å². The van der Waals surface area contributed by atoms with Gasteiger partial charge in [-0.15, -0.1) is 0 Å². The molecule has 1 amide bonds. The van der Waals surface area contributed by atoms with Crippen LogP contribution in [-0.2, 0) is 16.1 Å². The van der Waals surface area contributed by atoms with E-state index in [4.69, 9.17) is 10.5 Å². The predicted molar refractivity (Wildman–Crippen MR) is 89.5 cm³/mol. The molecule has 2 atom stereocenters. The van der Waals surface area contributed by atoms with Crippen LogP contribution in [0.1, 0.15) is 19.8 Å². The van der Waals surface area contributed by atoms with Gasteiger partial charge in [-0.05, 0) is 31.9 Å². The standard InChI is InChI=1S/C16H19N3O3S/c1-10(14(17)20)23-16-18-13-7-3-2-6-12(13)15(21)19(16)9-11-5-4-8-22-11/h2-3,6-7,10-11H,4-5,8-9H2,1H3,(H2,17,20)/t10-,11-/m1/s1. The lowest BCUT2D eigenvalue weighted by Crippen LogP contribution is -2.30. The van der Waals surface area contributed by atoms with Crippen molar-refractivity contribution >= 4 is 28.6 Å². The summed E-state index contributed by atoms with van der Waals surface area (Å²) >= 11 is 1.21. The molecule has 2 aromatic rings. The molecule has 1 fully saturated rings. The molecule has 7 heteroatoms. The Bertz CT molecular complexity index is 784. The van der Waals surface area contributed by atoms with E-state index in [-0.39, 0.29) is 11.7 Å². The Morgan fingerprint density at radius 3 is 3.00 bits per heavy atom. The van der Waals surface area contributed by atoms with Crippen molar-refractivity contribution in [3.63, 3.8) is 0 Å². The zero-order chi connectivity index (χ0) is 16.4. The van der Waals surface area contributed by atoms with Crippen LogP contribution in [0.25, 0.3) is 10.9 Å². The smallest absolute Gasteiger partial charge is 0.262 e. The number of carbonyl (C=O) groups is 1. The van der Waals surface area contributed by atoms with Crippen LogP contribution in [0.15, 0.2) is 34.2 Å². The third-order valence-corrected chi connectivity index (χ3v) is 5.03. The molecular formula is C16H19N3O3S.